The predicted molar refractivity (Wildman–Crippen MR) is 81.2 cm³/mol. The topological polar surface area (TPSA) is 81.4 Å². The molecule has 2 heterocycles. The average Bonchev–Trinajstić information content (AvgIpc) is 2.82. The van der Waals surface area contributed by atoms with Crippen LogP contribution in [0.25, 0.3) is 0 Å². The Hall–Kier alpha value is -1.86. The number of nitrogens with zero attached hydrogens (tertiary/aromatic N) is 1. The summed E-state index contributed by atoms with van der Waals surface area (Å²) in [6, 6.07) is 7.24. The molecule has 0 aliphatic carbocycles. The number of fused-ring (bicyclic) bond motifs is 1. The van der Waals surface area contributed by atoms with Gasteiger partial charge in [0.2, 0.25) is 10.0 Å². The molecule has 118 valence electrons. The van der Waals surface area contributed by atoms with Crippen molar-refractivity contribution in [2.45, 2.75) is 32.1 Å². The minimum Gasteiger partial charge on any atom is -0.491 e. The van der Waals surface area contributed by atoms with Gasteiger partial charge in [0.15, 0.2) is 5.76 Å². The second kappa shape index (κ2) is 5.73. The lowest BCUT2D eigenvalue weighted by atomic mass is 10.0. The predicted octanol–water partition coefficient (Wildman–Crippen LogP) is 1.71. The zero-order valence-electron chi connectivity index (χ0n) is 12.5. The van der Waals surface area contributed by atoms with Crippen LogP contribution >= 0.6 is 0 Å². The number of sulfonamides is 1. The highest BCUT2D eigenvalue weighted by atomic mass is 32.2. The Bertz CT molecular complexity index is 783. The molecule has 1 atom stereocenters. The molecule has 1 aliphatic heterocycles. The van der Waals surface area contributed by atoms with Gasteiger partial charge in [-0.3, -0.25) is 0 Å². The smallest absolute Gasteiger partial charge is 0.219 e. The summed E-state index contributed by atoms with van der Waals surface area (Å²) in [5, 5.41) is 3.70. The summed E-state index contributed by atoms with van der Waals surface area (Å²) >= 11 is 0. The standard InChI is InChI=1S/C15H18N2O4S/c1-10-4-3-5-12-7-13(8-20-15(10)12)17-22(18,19)9-14-6-11(2)16-21-14/h3-6,13,17H,7-9H2,1-2H3. The molecule has 1 unspecified atom stereocenters. The highest BCUT2D eigenvalue weighted by molar-refractivity contribution is 7.88. The third kappa shape index (κ3) is 3.31. The van der Waals surface area contributed by atoms with Crippen molar-refractivity contribution < 1.29 is 17.7 Å². The molecule has 0 saturated carbocycles. The highest BCUT2D eigenvalue weighted by Gasteiger charge is 2.26. The molecule has 7 heteroatoms. The van der Waals surface area contributed by atoms with Crippen molar-refractivity contribution in [3.8, 4) is 5.75 Å². The summed E-state index contributed by atoms with van der Waals surface area (Å²) < 4.78 is 37.7. The van der Waals surface area contributed by atoms with E-state index in [1.165, 1.54) is 0 Å². The van der Waals surface area contributed by atoms with E-state index < -0.39 is 10.0 Å². The number of hydrogen-bond donors (Lipinski definition) is 1. The maximum Gasteiger partial charge on any atom is 0.219 e. The van der Waals surface area contributed by atoms with Crippen LogP contribution in [-0.2, 0) is 22.2 Å². The van der Waals surface area contributed by atoms with E-state index in [1.807, 2.05) is 25.1 Å². The Morgan fingerprint density at radius 1 is 1.36 bits per heavy atom. The monoisotopic (exact) mass is 322 g/mol. The number of aromatic nitrogens is 1. The summed E-state index contributed by atoms with van der Waals surface area (Å²) in [7, 11) is -3.50. The van der Waals surface area contributed by atoms with Crippen LogP contribution in [-0.4, -0.2) is 26.2 Å². The molecular formula is C15H18N2O4S. The number of aryl methyl sites for hydroxylation is 2. The zero-order valence-corrected chi connectivity index (χ0v) is 13.3. The zero-order chi connectivity index (χ0) is 15.7. The van der Waals surface area contributed by atoms with Gasteiger partial charge in [0.05, 0.1) is 11.7 Å². The Labute approximate surface area is 129 Å². The number of ether oxygens (including phenoxy) is 1. The van der Waals surface area contributed by atoms with E-state index in [0.29, 0.717) is 24.5 Å². The van der Waals surface area contributed by atoms with Crippen LogP contribution in [0.1, 0.15) is 22.6 Å². The lowest BCUT2D eigenvalue weighted by Gasteiger charge is -2.26. The third-order valence-electron chi connectivity index (χ3n) is 3.54. The minimum absolute atomic E-state index is 0.217. The van der Waals surface area contributed by atoms with E-state index in [-0.39, 0.29) is 11.8 Å². The normalized spacial score (nSPS) is 17.8. The van der Waals surface area contributed by atoms with Crippen molar-refractivity contribution in [2.75, 3.05) is 6.61 Å². The summed E-state index contributed by atoms with van der Waals surface area (Å²) in [5.41, 5.74) is 2.75. The Morgan fingerprint density at radius 2 is 2.18 bits per heavy atom. The molecule has 1 N–H and O–H groups in total. The molecule has 0 radical (unpaired) electrons. The summed E-state index contributed by atoms with van der Waals surface area (Å²) in [5.74, 6) is 0.979. The van der Waals surface area contributed by atoms with E-state index in [0.717, 1.165) is 16.9 Å². The van der Waals surface area contributed by atoms with Crippen LogP contribution in [0, 0.1) is 13.8 Å². The van der Waals surface area contributed by atoms with Gasteiger partial charge in [0.25, 0.3) is 0 Å². The molecule has 0 fully saturated rings. The van der Waals surface area contributed by atoms with Gasteiger partial charge in [0, 0.05) is 6.07 Å². The van der Waals surface area contributed by atoms with Crippen molar-refractivity contribution in [3.63, 3.8) is 0 Å². The van der Waals surface area contributed by atoms with E-state index in [9.17, 15) is 8.42 Å². The molecule has 0 saturated heterocycles. The number of nitrogens with one attached hydrogen (secondary N) is 1. The van der Waals surface area contributed by atoms with Crippen LogP contribution in [0.15, 0.2) is 28.8 Å². The van der Waals surface area contributed by atoms with Gasteiger partial charge in [-0.25, -0.2) is 13.1 Å². The first-order chi connectivity index (χ1) is 10.4. The fourth-order valence-corrected chi connectivity index (χ4v) is 3.88. The van der Waals surface area contributed by atoms with Crippen LogP contribution in [0.5, 0.6) is 5.75 Å². The quantitative estimate of drug-likeness (QED) is 0.927. The minimum atomic E-state index is -3.50. The first kappa shape index (κ1) is 15.1. The van der Waals surface area contributed by atoms with Gasteiger partial charge in [-0.1, -0.05) is 23.4 Å². The first-order valence-corrected chi connectivity index (χ1v) is 8.72. The Morgan fingerprint density at radius 3 is 2.91 bits per heavy atom. The molecule has 22 heavy (non-hydrogen) atoms. The van der Waals surface area contributed by atoms with Gasteiger partial charge in [-0.05, 0) is 31.4 Å². The molecule has 1 aliphatic rings. The number of hydrogen-bond acceptors (Lipinski definition) is 5. The molecule has 0 amide bonds. The molecule has 2 aromatic rings. The van der Waals surface area contributed by atoms with E-state index in [2.05, 4.69) is 9.88 Å². The van der Waals surface area contributed by atoms with Crippen molar-refractivity contribution in [3.05, 3.63) is 46.8 Å². The fourth-order valence-electron chi connectivity index (χ4n) is 2.63. The largest absolute Gasteiger partial charge is 0.491 e. The van der Waals surface area contributed by atoms with Gasteiger partial charge in [-0.2, -0.15) is 0 Å². The number of benzene rings is 1. The summed E-state index contributed by atoms with van der Waals surface area (Å²) in [6.07, 6.45) is 0.617. The lowest BCUT2D eigenvalue weighted by molar-refractivity contribution is 0.252. The Balaban J connectivity index is 1.69. The van der Waals surface area contributed by atoms with Crippen LogP contribution in [0.4, 0.5) is 0 Å². The Kier molecular flexibility index (Phi) is 3.92. The van der Waals surface area contributed by atoms with Gasteiger partial charge in [0.1, 0.15) is 18.1 Å². The van der Waals surface area contributed by atoms with E-state index in [4.69, 9.17) is 9.26 Å². The van der Waals surface area contributed by atoms with Crippen molar-refractivity contribution in [1.29, 1.82) is 0 Å². The van der Waals surface area contributed by atoms with Crippen molar-refractivity contribution in [1.82, 2.24) is 9.88 Å². The molecule has 0 spiro atoms. The van der Waals surface area contributed by atoms with Gasteiger partial charge >= 0.3 is 0 Å². The van der Waals surface area contributed by atoms with E-state index in [1.54, 1.807) is 13.0 Å². The maximum atomic E-state index is 12.2. The third-order valence-corrected chi connectivity index (χ3v) is 4.90. The van der Waals surface area contributed by atoms with Gasteiger partial charge < -0.3 is 9.26 Å². The fraction of sp³-hybridized carbons (Fsp3) is 0.400. The van der Waals surface area contributed by atoms with Crippen LogP contribution in [0.3, 0.4) is 0 Å². The van der Waals surface area contributed by atoms with Crippen LogP contribution in [0.2, 0.25) is 0 Å². The second-order valence-electron chi connectivity index (χ2n) is 5.59. The second-order valence-corrected chi connectivity index (χ2v) is 7.34. The lowest BCUT2D eigenvalue weighted by Crippen LogP contribution is -2.43. The molecule has 3 rings (SSSR count). The van der Waals surface area contributed by atoms with Crippen molar-refractivity contribution >= 4 is 10.0 Å². The first-order valence-electron chi connectivity index (χ1n) is 7.06. The number of para-hydroxylation sites is 1. The maximum absolute atomic E-state index is 12.2. The molecule has 1 aromatic heterocycles. The average molecular weight is 322 g/mol. The molecule has 0 bridgehead atoms. The highest BCUT2D eigenvalue weighted by Crippen LogP contribution is 2.28. The van der Waals surface area contributed by atoms with E-state index >= 15 is 0 Å². The van der Waals surface area contributed by atoms with Crippen molar-refractivity contribution in [2.24, 2.45) is 0 Å². The summed E-state index contributed by atoms with van der Waals surface area (Å²) in [6.45, 7) is 4.06. The molecule has 6 nitrogen and oxygen atoms in total. The van der Waals surface area contributed by atoms with Crippen LogP contribution < -0.4 is 9.46 Å². The SMILES string of the molecule is Cc1cc(CS(=O)(=O)NC2COc3c(C)cccc3C2)on1. The summed E-state index contributed by atoms with van der Waals surface area (Å²) in [4.78, 5) is 0. The molecular weight excluding hydrogens is 304 g/mol. The number of rotatable bonds is 4. The van der Waals surface area contributed by atoms with Gasteiger partial charge in [-0.15, -0.1) is 0 Å². The molecule has 1 aromatic carbocycles.